The Hall–Kier alpha value is -2.04. The van der Waals surface area contributed by atoms with E-state index >= 15 is 0 Å². The molecule has 0 bridgehead atoms. The molecule has 0 radical (unpaired) electrons. The highest BCUT2D eigenvalue weighted by molar-refractivity contribution is 6.01. The zero-order valence-corrected chi connectivity index (χ0v) is 11.1. The van der Waals surface area contributed by atoms with Crippen molar-refractivity contribution in [1.82, 2.24) is 4.90 Å². The SMILES string of the molecule is CCN(CC(N)=O)C(=O)c1cccc2c1NCCC2. The van der Waals surface area contributed by atoms with Crippen molar-refractivity contribution in [2.24, 2.45) is 5.73 Å². The Morgan fingerprint density at radius 2 is 2.21 bits per heavy atom. The highest BCUT2D eigenvalue weighted by Crippen LogP contribution is 2.26. The first kappa shape index (κ1) is 13.4. The van der Waals surface area contributed by atoms with E-state index in [-0.39, 0.29) is 12.5 Å². The maximum atomic E-state index is 12.5. The molecular weight excluding hydrogens is 242 g/mol. The first-order valence-electron chi connectivity index (χ1n) is 6.56. The van der Waals surface area contributed by atoms with Crippen LogP contribution in [-0.2, 0) is 11.2 Å². The predicted molar refractivity (Wildman–Crippen MR) is 74.0 cm³/mol. The van der Waals surface area contributed by atoms with Gasteiger partial charge < -0.3 is 16.0 Å². The number of nitrogens with one attached hydrogen (secondary N) is 1. The van der Waals surface area contributed by atoms with Crippen LogP contribution >= 0.6 is 0 Å². The second kappa shape index (κ2) is 5.73. The van der Waals surface area contributed by atoms with Crippen LogP contribution in [-0.4, -0.2) is 36.3 Å². The number of carbonyl (C=O) groups excluding carboxylic acids is 2. The van der Waals surface area contributed by atoms with Crippen molar-refractivity contribution in [3.05, 3.63) is 29.3 Å². The van der Waals surface area contributed by atoms with E-state index in [1.165, 1.54) is 4.90 Å². The van der Waals surface area contributed by atoms with Gasteiger partial charge in [-0.1, -0.05) is 12.1 Å². The van der Waals surface area contributed by atoms with Gasteiger partial charge in [-0.25, -0.2) is 0 Å². The van der Waals surface area contributed by atoms with Crippen LogP contribution in [0.15, 0.2) is 18.2 Å². The van der Waals surface area contributed by atoms with Gasteiger partial charge in [-0.15, -0.1) is 0 Å². The first-order chi connectivity index (χ1) is 9.13. The van der Waals surface area contributed by atoms with E-state index in [9.17, 15) is 9.59 Å². The second-order valence-corrected chi connectivity index (χ2v) is 4.66. The molecule has 5 nitrogen and oxygen atoms in total. The number of nitrogens with zero attached hydrogens (tertiary/aromatic N) is 1. The van der Waals surface area contributed by atoms with Crippen molar-refractivity contribution in [3.63, 3.8) is 0 Å². The summed E-state index contributed by atoms with van der Waals surface area (Å²) < 4.78 is 0. The van der Waals surface area contributed by atoms with E-state index in [4.69, 9.17) is 5.73 Å². The van der Waals surface area contributed by atoms with Crippen molar-refractivity contribution in [2.45, 2.75) is 19.8 Å². The van der Waals surface area contributed by atoms with Crippen LogP contribution in [0.1, 0.15) is 29.3 Å². The van der Waals surface area contributed by atoms with Crippen LogP contribution in [0.5, 0.6) is 0 Å². The van der Waals surface area contributed by atoms with Gasteiger partial charge in [0.1, 0.15) is 0 Å². The van der Waals surface area contributed by atoms with Gasteiger partial charge in [-0.2, -0.15) is 0 Å². The molecule has 2 amide bonds. The van der Waals surface area contributed by atoms with Gasteiger partial charge in [0.05, 0.1) is 17.8 Å². The van der Waals surface area contributed by atoms with Crippen molar-refractivity contribution in [2.75, 3.05) is 25.0 Å². The lowest BCUT2D eigenvalue weighted by atomic mass is 9.99. The molecule has 19 heavy (non-hydrogen) atoms. The molecule has 3 N–H and O–H groups in total. The number of fused-ring (bicyclic) bond motifs is 1. The lowest BCUT2D eigenvalue weighted by Gasteiger charge is -2.24. The number of aryl methyl sites for hydroxylation is 1. The largest absolute Gasteiger partial charge is 0.384 e. The molecule has 0 unspecified atom stereocenters. The van der Waals surface area contributed by atoms with Crippen molar-refractivity contribution >= 4 is 17.5 Å². The van der Waals surface area contributed by atoms with Crippen LogP contribution in [0.4, 0.5) is 5.69 Å². The second-order valence-electron chi connectivity index (χ2n) is 4.66. The fourth-order valence-corrected chi connectivity index (χ4v) is 2.37. The fraction of sp³-hybridized carbons (Fsp3) is 0.429. The molecule has 0 saturated heterocycles. The average Bonchev–Trinajstić information content (AvgIpc) is 2.43. The first-order valence-corrected chi connectivity index (χ1v) is 6.56. The quantitative estimate of drug-likeness (QED) is 0.848. The zero-order chi connectivity index (χ0) is 13.8. The molecular formula is C14H19N3O2. The van der Waals surface area contributed by atoms with Crippen LogP contribution in [0.3, 0.4) is 0 Å². The molecule has 0 spiro atoms. The fourth-order valence-electron chi connectivity index (χ4n) is 2.37. The number of likely N-dealkylation sites (N-methyl/N-ethyl adjacent to an activating group) is 1. The maximum Gasteiger partial charge on any atom is 0.256 e. The number of nitrogens with two attached hydrogens (primary N) is 1. The highest BCUT2D eigenvalue weighted by atomic mass is 16.2. The van der Waals surface area contributed by atoms with E-state index in [0.29, 0.717) is 12.1 Å². The van der Waals surface area contributed by atoms with Crippen molar-refractivity contribution < 1.29 is 9.59 Å². The number of amides is 2. The zero-order valence-electron chi connectivity index (χ0n) is 11.1. The summed E-state index contributed by atoms with van der Waals surface area (Å²) in [6.07, 6.45) is 2.05. The molecule has 1 aromatic rings. The third-order valence-electron chi connectivity index (χ3n) is 3.32. The Bertz CT molecular complexity index is 499. The molecule has 2 rings (SSSR count). The summed E-state index contributed by atoms with van der Waals surface area (Å²) in [5.74, 6) is -0.638. The van der Waals surface area contributed by atoms with E-state index in [1.54, 1.807) is 6.07 Å². The number of carbonyl (C=O) groups is 2. The molecule has 0 saturated carbocycles. The van der Waals surface area contributed by atoms with Gasteiger partial charge in [0.25, 0.3) is 5.91 Å². The number of benzene rings is 1. The number of anilines is 1. The Morgan fingerprint density at radius 1 is 1.42 bits per heavy atom. The lowest BCUT2D eigenvalue weighted by molar-refractivity contribution is -0.118. The summed E-state index contributed by atoms with van der Waals surface area (Å²) in [6, 6.07) is 5.71. The van der Waals surface area contributed by atoms with Gasteiger partial charge in [-0.3, -0.25) is 9.59 Å². The topological polar surface area (TPSA) is 75.4 Å². The van der Waals surface area contributed by atoms with E-state index < -0.39 is 5.91 Å². The monoisotopic (exact) mass is 261 g/mol. The van der Waals surface area contributed by atoms with E-state index in [1.807, 2.05) is 19.1 Å². The standard InChI is InChI=1S/C14H19N3O2/c1-2-17(9-12(15)18)14(19)11-7-3-5-10-6-4-8-16-13(10)11/h3,5,7,16H,2,4,6,8-9H2,1H3,(H2,15,18). The molecule has 1 heterocycles. The molecule has 1 aliphatic heterocycles. The molecule has 0 fully saturated rings. The molecule has 1 aromatic carbocycles. The molecule has 0 aromatic heterocycles. The molecule has 0 aliphatic carbocycles. The molecule has 5 heteroatoms. The van der Waals surface area contributed by atoms with Crippen molar-refractivity contribution in [1.29, 1.82) is 0 Å². The number of hydrogen-bond acceptors (Lipinski definition) is 3. The smallest absolute Gasteiger partial charge is 0.256 e. The van der Waals surface area contributed by atoms with Crippen molar-refractivity contribution in [3.8, 4) is 0 Å². The van der Waals surface area contributed by atoms with Gasteiger partial charge >= 0.3 is 0 Å². The van der Waals surface area contributed by atoms with Gasteiger partial charge in [-0.05, 0) is 31.4 Å². The van der Waals surface area contributed by atoms with Gasteiger partial charge in [0.15, 0.2) is 0 Å². The summed E-state index contributed by atoms with van der Waals surface area (Å²) in [6.45, 7) is 3.13. The minimum Gasteiger partial charge on any atom is -0.384 e. The van der Waals surface area contributed by atoms with Crippen LogP contribution in [0.25, 0.3) is 0 Å². The third kappa shape index (κ3) is 2.86. The van der Waals surface area contributed by atoms with Gasteiger partial charge in [0, 0.05) is 13.1 Å². The van der Waals surface area contributed by atoms with E-state index in [2.05, 4.69) is 5.32 Å². The minimum atomic E-state index is -0.493. The highest BCUT2D eigenvalue weighted by Gasteiger charge is 2.21. The minimum absolute atomic E-state index is 0.0427. The Morgan fingerprint density at radius 3 is 2.89 bits per heavy atom. The van der Waals surface area contributed by atoms with Crippen LogP contribution in [0, 0.1) is 0 Å². The summed E-state index contributed by atoms with van der Waals surface area (Å²) >= 11 is 0. The summed E-state index contributed by atoms with van der Waals surface area (Å²) in [5, 5.41) is 3.28. The normalized spacial score (nSPS) is 13.3. The number of para-hydroxylation sites is 1. The average molecular weight is 261 g/mol. The Balaban J connectivity index is 2.30. The summed E-state index contributed by atoms with van der Waals surface area (Å²) in [4.78, 5) is 24.9. The molecule has 1 aliphatic rings. The predicted octanol–water partition coefficient (Wildman–Crippen LogP) is 0.992. The van der Waals surface area contributed by atoms with E-state index in [0.717, 1.165) is 30.6 Å². The number of primary amides is 1. The Labute approximate surface area is 112 Å². The van der Waals surface area contributed by atoms with Gasteiger partial charge in [0.2, 0.25) is 5.91 Å². The summed E-state index contributed by atoms with van der Waals surface area (Å²) in [7, 11) is 0. The van der Waals surface area contributed by atoms with Crippen LogP contribution in [0.2, 0.25) is 0 Å². The Kier molecular flexibility index (Phi) is 4.04. The lowest BCUT2D eigenvalue weighted by Crippen LogP contribution is -2.38. The number of rotatable bonds is 4. The third-order valence-corrected chi connectivity index (χ3v) is 3.32. The molecule has 102 valence electrons. The molecule has 0 atom stereocenters. The maximum absolute atomic E-state index is 12.5. The number of hydrogen-bond donors (Lipinski definition) is 2. The van der Waals surface area contributed by atoms with Crippen LogP contribution < -0.4 is 11.1 Å². The summed E-state index contributed by atoms with van der Waals surface area (Å²) in [5.41, 5.74) is 7.86.